The normalized spacial score (nSPS) is 28.3. The summed E-state index contributed by atoms with van der Waals surface area (Å²) in [7, 11) is -2.48. The minimum atomic E-state index is -3.84. The van der Waals surface area contributed by atoms with Crippen LogP contribution in [0.4, 0.5) is 0 Å². The van der Waals surface area contributed by atoms with Gasteiger partial charge in [0, 0.05) is 6.54 Å². The van der Waals surface area contributed by atoms with E-state index in [1.165, 1.54) is 21.0 Å². The van der Waals surface area contributed by atoms with Crippen LogP contribution in [0.25, 0.3) is 0 Å². The van der Waals surface area contributed by atoms with Gasteiger partial charge in [0.05, 0.1) is 23.2 Å². The summed E-state index contributed by atoms with van der Waals surface area (Å²) >= 11 is 0. The molecule has 1 amide bonds. The van der Waals surface area contributed by atoms with Crippen LogP contribution < -0.4 is 5.48 Å². The van der Waals surface area contributed by atoms with E-state index in [0.717, 1.165) is 4.90 Å². The zero-order valence-corrected chi connectivity index (χ0v) is 17.1. The molecule has 2 saturated heterocycles. The molecule has 0 aromatic heterocycles. The molecule has 2 fully saturated rings. The highest BCUT2D eigenvalue weighted by Crippen LogP contribution is 2.48. The summed E-state index contributed by atoms with van der Waals surface area (Å²) in [6, 6.07) is -1.31. The van der Waals surface area contributed by atoms with Crippen molar-refractivity contribution in [3.8, 4) is 0 Å². The van der Waals surface area contributed by atoms with E-state index in [-0.39, 0.29) is 6.54 Å². The Bertz CT molecular complexity index is 740. The summed E-state index contributed by atoms with van der Waals surface area (Å²) < 4.78 is 34.0. The van der Waals surface area contributed by atoms with Crippen molar-refractivity contribution in [1.82, 2.24) is 10.4 Å². The number of amides is 1. The SMILES string of the molecule is CONC[C@H]1C(=O)N2[C@@H](C(=O)OCOC(=O)C(C)(C)C)C(C)(C)S(=O)(=O)[C@H]12. The van der Waals surface area contributed by atoms with Crippen molar-refractivity contribution in [2.45, 2.75) is 50.8 Å². The molecular weight excluding hydrogens is 380 g/mol. The van der Waals surface area contributed by atoms with Gasteiger partial charge in [0.1, 0.15) is 11.4 Å². The summed E-state index contributed by atoms with van der Waals surface area (Å²) in [5, 5.41) is -1.13. The number of carbonyl (C=O) groups is 3. The van der Waals surface area contributed by atoms with Gasteiger partial charge in [0.25, 0.3) is 0 Å². The van der Waals surface area contributed by atoms with Gasteiger partial charge in [-0.05, 0) is 34.6 Å². The second kappa shape index (κ2) is 7.02. The molecule has 2 aliphatic heterocycles. The minimum absolute atomic E-state index is 0.0107. The number of hydroxylamine groups is 1. The lowest BCUT2D eigenvalue weighted by Crippen LogP contribution is -2.65. The molecule has 0 aliphatic carbocycles. The fourth-order valence-electron chi connectivity index (χ4n) is 3.19. The second-order valence-electron chi connectivity index (χ2n) is 8.11. The number of nitrogens with one attached hydrogen (secondary N) is 1. The van der Waals surface area contributed by atoms with Crippen LogP contribution in [0.15, 0.2) is 0 Å². The molecule has 0 aromatic carbocycles. The first-order chi connectivity index (χ1) is 12.3. The minimum Gasteiger partial charge on any atom is -0.427 e. The van der Waals surface area contributed by atoms with Crippen molar-refractivity contribution in [1.29, 1.82) is 0 Å². The largest absolute Gasteiger partial charge is 0.427 e. The molecular formula is C16H26N2O8S. The van der Waals surface area contributed by atoms with Crippen LogP contribution in [0.1, 0.15) is 34.6 Å². The Morgan fingerprint density at radius 1 is 1.22 bits per heavy atom. The highest BCUT2D eigenvalue weighted by molar-refractivity contribution is 7.93. The predicted molar refractivity (Wildman–Crippen MR) is 92.4 cm³/mol. The number of rotatable bonds is 6. The number of nitrogens with zero attached hydrogens (tertiary/aromatic N) is 1. The van der Waals surface area contributed by atoms with Crippen LogP contribution >= 0.6 is 0 Å². The first kappa shape index (κ1) is 21.6. The number of β-lactam (4-membered cyclic amide) rings is 1. The predicted octanol–water partition coefficient (Wildman–Crippen LogP) is -0.412. The third-order valence-corrected chi connectivity index (χ3v) is 7.73. The van der Waals surface area contributed by atoms with E-state index in [0.29, 0.717) is 0 Å². The molecule has 2 aliphatic rings. The summed E-state index contributed by atoms with van der Waals surface area (Å²) in [5.41, 5.74) is 1.70. The van der Waals surface area contributed by atoms with E-state index in [2.05, 4.69) is 10.3 Å². The number of fused-ring (bicyclic) bond motifs is 1. The monoisotopic (exact) mass is 406 g/mol. The lowest BCUT2D eigenvalue weighted by atomic mass is 9.92. The molecule has 154 valence electrons. The molecule has 10 nitrogen and oxygen atoms in total. The number of esters is 2. The number of hydrogen-bond acceptors (Lipinski definition) is 9. The number of ether oxygens (including phenoxy) is 2. The molecule has 3 atom stereocenters. The third kappa shape index (κ3) is 3.43. The van der Waals surface area contributed by atoms with Gasteiger partial charge in [-0.1, -0.05) is 0 Å². The van der Waals surface area contributed by atoms with Crippen molar-refractivity contribution in [2.75, 3.05) is 20.4 Å². The molecule has 0 bridgehead atoms. The van der Waals surface area contributed by atoms with E-state index in [1.54, 1.807) is 20.8 Å². The zero-order chi connectivity index (χ0) is 20.8. The Balaban J connectivity index is 2.14. The summed E-state index contributed by atoms with van der Waals surface area (Å²) in [6.45, 7) is 7.04. The van der Waals surface area contributed by atoms with Crippen molar-refractivity contribution in [2.24, 2.45) is 11.3 Å². The second-order valence-corrected chi connectivity index (χ2v) is 10.7. The molecule has 11 heteroatoms. The van der Waals surface area contributed by atoms with Gasteiger partial charge in [-0.3, -0.25) is 9.59 Å². The van der Waals surface area contributed by atoms with Crippen LogP contribution in [-0.2, 0) is 38.5 Å². The van der Waals surface area contributed by atoms with Crippen LogP contribution in [0.5, 0.6) is 0 Å². The summed E-state index contributed by atoms with van der Waals surface area (Å²) in [4.78, 5) is 42.4. The van der Waals surface area contributed by atoms with Crippen molar-refractivity contribution >= 4 is 27.7 Å². The number of hydrogen-bond donors (Lipinski definition) is 1. The fraction of sp³-hybridized carbons (Fsp3) is 0.812. The molecule has 27 heavy (non-hydrogen) atoms. The van der Waals surface area contributed by atoms with Gasteiger partial charge < -0.3 is 19.2 Å². The van der Waals surface area contributed by atoms with Crippen molar-refractivity contribution in [3.05, 3.63) is 0 Å². The Kier molecular flexibility index (Phi) is 5.61. The zero-order valence-electron chi connectivity index (χ0n) is 16.3. The molecule has 1 N–H and O–H groups in total. The van der Waals surface area contributed by atoms with Gasteiger partial charge in [0.2, 0.25) is 12.7 Å². The number of carbonyl (C=O) groups excluding carboxylic acids is 3. The van der Waals surface area contributed by atoms with E-state index in [1.807, 2.05) is 0 Å². The smallest absolute Gasteiger partial charge is 0.333 e. The van der Waals surface area contributed by atoms with Crippen molar-refractivity contribution < 1.29 is 37.1 Å². The van der Waals surface area contributed by atoms with Gasteiger partial charge in [-0.2, -0.15) is 0 Å². The lowest BCUT2D eigenvalue weighted by molar-refractivity contribution is -0.181. The molecule has 2 rings (SSSR count). The first-order valence-electron chi connectivity index (χ1n) is 8.43. The quantitative estimate of drug-likeness (QED) is 0.271. The maximum absolute atomic E-state index is 12.9. The van der Waals surface area contributed by atoms with Gasteiger partial charge in [-0.15, -0.1) is 0 Å². The Labute approximate surface area is 158 Å². The molecule has 0 spiro atoms. The molecule has 0 radical (unpaired) electrons. The average Bonchev–Trinajstić information content (AvgIpc) is 2.68. The van der Waals surface area contributed by atoms with Crippen molar-refractivity contribution in [3.63, 3.8) is 0 Å². The van der Waals surface area contributed by atoms with E-state index < -0.39 is 62.0 Å². The fourth-order valence-corrected chi connectivity index (χ4v) is 5.50. The maximum atomic E-state index is 12.9. The van der Waals surface area contributed by atoms with Crippen LogP contribution in [-0.4, -0.2) is 67.8 Å². The molecule has 2 heterocycles. The van der Waals surface area contributed by atoms with Crippen LogP contribution in [0.3, 0.4) is 0 Å². The third-order valence-electron chi connectivity index (χ3n) is 4.85. The van der Waals surface area contributed by atoms with Crippen LogP contribution in [0, 0.1) is 11.3 Å². The van der Waals surface area contributed by atoms with E-state index >= 15 is 0 Å². The highest BCUT2D eigenvalue weighted by atomic mass is 32.2. The van der Waals surface area contributed by atoms with E-state index in [4.69, 9.17) is 9.47 Å². The first-order valence-corrected chi connectivity index (χ1v) is 9.98. The lowest BCUT2D eigenvalue weighted by Gasteiger charge is -2.42. The number of sulfone groups is 1. The molecule has 0 saturated carbocycles. The summed E-state index contributed by atoms with van der Waals surface area (Å²) in [6.07, 6.45) is 0. The summed E-state index contributed by atoms with van der Waals surface area (Å²) in [5.74, 6) is -2.82. The van der Waals surface area contributed by atoms with Crippen LogP contribution in [0.2, 0.25) is 0 Å². The van der Waals surface area contributed by atoms with E-state index in [9.17, 15) is 22.8 Å². The Morgan fingerprint density at radius 2 is 1.81 bits per heavy atom. The maximum Gasteiger partial charge on any atom is 0.333 e. The standard InChI is InChI=1S/C16H26N2O8S/c1-15(2,3)14(21)26-8-25-13(20)10-16(4,5)27(22,23)12-9(7-17-24-6)11(19)18(10)12/h9-10,12,17H,7-8H2,1-6H3/t9-,10-,12+/m0/s1. The highest BCUT2D eigenvalue weighted by Gasteiger charge is 2.72. The molecule has 0 unspecified atom stereocenters. The average molecular weight is 406 g/mol. The topological polar surface area (TPSA) is 128 Å². The Hall–Kier alpha value is -1.72. The van der Waals surface area contributed by atoms with Gasteiger partial charge >= 0.3 is 11.9 Å². The Morgan fingerprint density at radius 3 is 2.33 bits per heavy atom. The molecule has 0 aromatic rings. The van der Waals surface area contributed by atoms with Gasteiger partial charge in [-0.25, -0.2) is 18.7 Å². The van der Waals surface area contributed by atoms with Gasteiger partial charge in [0.15, 0.2) is 9.84 Å².